The molecule has 0 aliphatic carbocycles. The molecule has 1 saturated heterocycles. The summed E-state index contributed by atoms with van der Waals surface area (Å²) >= 11 is 0. The van der Waals surface area contributed by atoms with Crippen LogP contribution in [0.2, 0.25) is 0 Å². The van der Waals surface area contributed by atoms with E-state index in [9.17, 15) is 9.59 Å². The van der Waals surface area contributed by atoms with E-state index in [1.807, 2.05) is 43.3 Å². The molecule has 1 fully saturated rings. The highest BCUT2D eigenvalue weighted by molar-refractivity contribution is 5.98. The van der Waals surface area contributed by atoms with Crippen LogP contribution in [-0.2, 0) is 9.59 Å². The van der Waals surface area contributed by atoms with E-state index in [1.165, 1.54) is 5.39 Å². The molecular weight excluding hydrogens is 362 g/mol. The zero-order valence-corrected chi connectivity index (χ0v) is 16.5. The molecule has 1 atom stereocenters. The average molecular weight is 387 g/mol. The molecule has 1 aliphatic rings. The standard InChI is InChI=1S/C24H25N3O2/c1-17(19-13-12-18-7-2-3-8-20(18)15-19)26-23(28)16-25-21-9-4-5-10-22(21)27-14-6-11-24(27)29/h2-5,7-10,12-13,15,17,25H,6,11,14,16H2,1H3,(H,26,28)/t17-/m1/s1. The molecule has 5 nitrogen and oxygen atoms in total. The van der Waals surface area contributed by atoms with Crippen LogP contribution in [0.4, 0.5) is 11.4 Å². The smallest absolute Gasteiger partial charge is 0.239 e. The van der Waals surface area contributed by atoms with Gasteiger partial charge in [0.2, 0.25) is 11.8 Å². The van der Waals surface area contributed by atoms with E-state index in [4.69, 9.17) is 0 Å². The fourth-order valence-electron chi connectivity index (χ4n) is 3.79. The molecule has 2 amide bonds. The van der Waals surface area contributed by atoms with Crippen LogP contribution in [0.15, 0.2) is 66.7 Å². The summed E-state index contributed by atoms with van der Waals surface area (Å²) in [4.78, 5) is 26.4. The molecule has 29 heavy (non-hydrogen) atoms. The molecule has 4 rings (SSSR count). The highest BCUT2D eigenvalue weighted by Crippen LogP contribution is 2.29. The second-order valence-corrected chi connectivity index (χ2v) is 7.42. The monoisotopic (exact) mass is 387 g/mol. The zero-order valence-electron chi connectivity index (χ0n) is 16.5. The molecule has 148 valence electrons. The SMILES string of the molecule is C[C@@H](NC(=O)CNc1ccccc1N1CCCC1=O)c1ccc2ccccc2c1. The van der Waals surface area contributed by atoms with E-state index in [0.29, 0.717) is 6.42 Å². The van der Waals surface area contributed by atoms with E-state index < -0.39 is 0 Å². The fourth-order valence-corrected chi connectivity index (χ4v) is 3.79. The Labute approximate surface area is 170 Å². The summed E-state index contributed by atoms with van der Waals surface area (Å²) in [6, 6.07) is 22.0. The minimum atomic E-state index is -0.0932. The summed E-state index contributed by atoms with van der Waals surface area (Å²) < 4.78 is 0. The molecule has 1 heterocycles. The lowest BCUT2D eigenvalue weighted by molar-refractivity contribution is -0.120. The molecule has 0 saturated carbocycles. The van der Waals surface area contributed by atoms with Crippen molar-refractivity contribution in [2.75, 3.05) is 23.3 Å². The Bertz CT molecular complexity index is 1050. The van der Waals surface area contributed by atoms with Gasteiger partial charge in [-0.3, -0.25) is 9.59 Å². The molecule has 0 radical (unpaired) electrons. The van der Waals surface area contributed by atoms with Crippen molar-refractivity contribution >= 4 is 34.0 Å². The van der Waals surface area contributed by atoms with Crippen LogP contribution < -0.4 is 15.5 Å². The number of para-hydroxylation sites is 2. The number of hydrogen-bond acceptors (Lipinski definition) is 3. The van der Waals surface area contributed by atoms with E-state index in [1.54, 1.807) is 4.90 Å². The second kappa shape index (κ2) is 8.35. The Morgan fingerprint density at radius 2 is 1.79 bits per heavy atom. The first-order valence-corrected chi connectivity index (χ1v) is 10.0. The third-order valence-electron chi connectivity index (χ3n) is 5.36. The van der Waals surface area contributed by atoms with Crippen LogP contribution in [0.3, 0.4) is 0 Å². The molecular formula is C24H25N3O2. The molecule has 0 aromatic heterocycles. The first kappa shape index (κ1) is 19.0. The van der Waals surface area contributed by atoms with Crippen LogP contribution in [-0.4, -0.2) is 24.9 Å². The van der Waals surface area contributed by atoms with Crippen LogP contribution in [0, 0.1) is 0 Å². The fraction of sp³-hybridized carbons (Fsp3) is 0.250. The highest BCUT2D eigenvalue weighted by atomic mass is 16.2. The van der Waals surface area contributed by atoms with Gasteiger partial charge in [-0.25, -0.2) is 0 Å². The van der Waals surface area contributed by atoms with E-state index in [0.717, 1.165) is 35.3 Å². The van der Waals surface area contributed by atoms with Gasteiger partial charge < -0.3 is 15.5 Å². The molecule has 1 aliphatic heterocycles. The van der Waals surface area contributed by atoms with E-state index in [2.05, 4.69) is 41.0 Å². The third kappa shape index (κ3) is 4.24. The lowest BCUT2D eigenvalue weighted by Crippen LogP contribution is -2.32. The molecule has 3 aromatic rings. The van der Waals surface area contributed by atoms with Crippen molar-refractivity contribution in [2.45, 2.75) is 25.8 Å². The Morgan fingerprint density at radius 3 is 2.59 bits per heavy atom. The van der Waals surface area contributed by atoms with Gasteiger partial charge >= 0.3 is 0 Å². The van der Waals surface area contributed by atoms with Crippen LogP contribution >= 0.6 is 0 Å². The summed E-state index contributed by atoms with van der Waals surface area (Å²) in [6.07, 6.45) is 1.45. The number of carbonyl (C=O) groups is 2. The van der Waals surface area contributed by atoms with Crippen LogP contribution in [0.25, 0.3) is 10.8 Å². The summed E-state index contributed by atoms with van der Waals surface area (Å²) in [5.41, 5.74) is 2.71. The zero-order chi connectivity index (χ0) is 20.2. The molecule has 3 aromatic carbocycles. The Morgan fingerprint density at radius 1 is 1.03 bits per heavy atom. The van der Waals surface area contributed by atoms with E-state index >= 15 is 0 Å². The van der Waals surface area contributed by atoms with Crippen molar-refractivity contribution in [2.24, 2.45) is 0 Å². The minimum Gasteiger partial charge on any atom is -0.374 e. The average Bonchev–Trinajstić information content (AvgIpc) is 3.17. The number of nitrogens with one attached hydrogen (secondary N) is 2. The van der Waals surface area contributed by atoms with Gasteiger partial charge in [0, 0.05) is 13.0 Å². The lowest BCUT2D eigenvalue weighted by Gasteiger charge is -2.21. The van der Waals surface area contributed by atoms with Gasteiger partial charge in [-0.15, -0.1) is 0 Å². The number of hydrogen-bond donors (Lipinski definition) is 2. The van der Waals surface area contributed by atoms with Crippen molar-refractivity contribution in [3.05, 3.63) is 72.3 Å². The van der Waals surface area contributed by atoms with Gasteiger partial charge in [0.1, 0.15) is 0 Å². The number of anilines is 2. The summed E-state index contributed by atoms with van der Waals surface area (Å²) in [5, 5.41) is 8.58. The molecule has 2 N–H and O–H groups in total. The first-order valence-electron chi connectivity index (χ1n) is 10.0. The maximum Gasteiger partial charge on any atom is 0.239 e. The van der Waals surface area contributed by atoms with Gasteiger partial charge in [-0.2, -0.15) is 0 Å². The number of fused-ring (bicyclic) bond motifs is 1. The van der Waals surface area contributed by atoms with Crippen molar-refractivity contribution in [3.8, 4) is 0 Å². The quantitative estimate of drug-likeness (QED) is 0.664. The van der Waals surface area contributed by atoms with Gasteiger partial charge in [-0.05, 0) is 47.9 Å². The summed E-state index contributed by atoms with van der Waals surface area (Å²) in [6.45, 7) is 2.86. The van der Waals surface area contributed by atoms with Crippen molar-refractivity contribution in [3.63, 3.8) is 0 Å². The first-order chi connectivity index (χ1) is 14.1. The number of benzene rings is 3. The van der Waals surface area contributed by atoms with E-state index in [-0.39, 0.29) is 24.4 Å². The Balaban J connectivity index is 1.39. The van der Waals surface area contributed by atoms with Crippen molar-refractivity contribution in [1.82, 2.24) is 5.32 Å². The highest BCUT2D eigenvalue weighted by Gasteiger charge is 2.23. The second-order valence-electron chi connectivity index (χ2n) is 7.42. The maximum atomic E-state index is 12.5. The predicted molar refractivity (Wildman–Crippen MR) is 117 cm³/mol. The lowest BCUT2D eigenvalue weighted by atomic mass is 10.0. The summed E-state index contributed by atoms with van der Waals surface area (Å²) in [7, 11) is 0. The molecule has 0 unspecified atom stereocenters. The minimum absolute atomic E-state index is 0.0896. The normalized spacial score (nSPS) is 14.8. The largest absolute Gasteiger partial charge is 0.374 e. The molecule has 0 bridgehead atoms. The molecule has 5 heteroatoms. The summed E-state index contributed by atoms with van der Waals surface area (Å²) in [5.74, 6) is 0.0434. The maximum absolute atomic E-state index is 12.5. The number of amides is 2. The van der Waals surface area contributed by atoms with Gasteiger partial charge in [-0.1, -0.05) is 48.5 Å². The van der Waals surface area contributed by atoms with Gasteiger partial charge in [0.25, 0.3) is 0 Å². The van der Waals surface area contributed by atoms with Crippen molar-refractivity contribution < 1.29 is 9.59 Å². The Kier molecular flexibility index (Phi) is 5.47. The van der Waals surface area contributed by atoms with Crippen LogP contribution in [0.1, 0.15) is 31.4 Å². The third-order valence-corrected chi connectivity index (χ3v) is 5.36. The van der Waals surface area contributed by atoms with Crippen molar-refractivity contribution in [1.29, 1.82) is 0 Å². The Hall–Kier alpha value is -3.34. The number of nitrogens with zero attached hydrogens (tertiary/aromatic N) is 1. The van der Waals surface area contributed by atoms with Gasteiger partial charge in [0.05, 0.1) is 24.0 Å². The number of carbonyl (C=O) groups excluding carboxylic acids is 2. The van der Waals surface area contributed by atoms with Crippen LogP contribution in [0.5, 0.6) is 0 Å². The molecule has 0 spiro atoms. The predicted octanol–water partition coefficient (Wildman–Crippen LogP) is 4.26. The van der Waals surface area contributed by atoms with Gasteiger partial charge in [0.15, 0.2) is 0 Å². The number of rotatable bonds is 6. The topological polar surface area (TPSA) is 61.4 Å².